The third kappa shape index (κ3) is 4.68. The number of aromatic nitrogens is 2. The molecule has 0 saturated heterocycles. The van der Waals surface area contributed by atoms with Crippen LogP contribution in [0.5, 0.6) is 0 Å². The lowest BCUT2D eigenvalue weighted by Crippen LogP contribution is -2.18. The van der Waals surface area contributed by atoms with Gasteiger partial charge < -0.3 is 10.6 Å². The molecule has 2 rings (SSSR count). The first-order chi connectivity index (χ1) is 11.3. The standard InChI is InChI=1S/C18H23ClN4O/c1-10(2)9-20-18-21-13(5)8-15(22-18)17(24)23-16-12(4)6-11(3)7-14(16)19/h6-8,10H,9H2,1-5H3,(H,23,24)(H,20,21,22). The van der Waals surface area contributed by atoms with Gasteiger partial charge in [-0.3, -0.25) is 4.79 Å². The van der Waals surface area contributed by atoms with Crippen LogP contribution in [0.4, 0.5) is 11.6 Å². The van der Waals surface area contributed by atoms with E-state index in [9.17, 15) is 4.79 Å². The molecular weight excluding hydrogens is 324 g/mol. The summed E-state index contributed by atoms with van der Waals surface area (Å²) < 4.78 is 0. The van der Waals surface area contributed by atoms with Gasteiger partial charge in [-0.25, -0.2) is 9.97 Å². The molecule has 2 N–H and O–H groups in total. The number of nitrogens with zero attached hydrogens (tertiary/aromatic N) is 2. The average molecular weight is 347 g/mol. The highest BCUT2D eigenvalue weighted by molar-refractivity contribution is 6.34. The lowest BCUT2D eigenvalue weighted by molar-refractivity contribution is 0.102. The number of hydrogen-bond donors (Lipinski definition) is 2. The molecule has 1 amide bonds. The highest BCUT2D eigenvalue weighted by Crippen LogP contribution is 2.27. The number of carbonyl (C=O) groups excluding carboxylic acids is 1. The summed E-state index contributed by atoms with van der Waals surface area (Å²) in [7, 11) is 0. The van der Waals surface area contributed by atoms with Gasteiger partial charge in [0, 0.05) is 12.2 Å². The smallest absolute Gasteiger partial charge is 0.274 e. The zero-order chi connectivity index (χ0) is 17.9. The molecule has 1 aromatic heterocycles. The highest BCUT2D eigenvalue weighted by atomic mass is 35.5. The molecule has 0 fully saturated rings. The summed E-state index contributed by atoms with van der Waals surface area (Å²) in [4.78, 5) is 21.2. The molecule has 0 saturated carbocycles. The second kappa shape index (κ2) is 7.62. The summed E-state index contributed by atoms with van der Waals surface area (Å²) in [5.41, 5.74) is 3.61. The van der Waals surface area contributed by atoms with Gasteiger partial charge >= 0.3 is 0 Å². The van der Waals surface area contributed by atoms with E-state index in [1.807, 2.05) is 32.9 Å². The van der Waals surface area contributed by atoms with Gasteiger partial charge in [-0.05, 0) is 49.9 Å². The fourth-order valence-electron chi connectivity index (χ4n) is 2.31. The van der Waals surface area contributed by atoms with Crippen LogP contribution in [-0.4, -0.2) is 22.4 Å². The Bertz CT molecular complexity index is 736. The first-order valence-corrected chi connectivity index (χ1v) is 8.31. The van der Waals surface area contributed by atoms with E-state index in [2.05, 4.69) is 34.4 Å². The number of hydrogen-bond acceptors (Lipinski definition) is 4. The quantitative estimate of drug-likeness (QED) is 0.843. The van der Waals surface area contributed by atoms with E-state index < -0.39 is 0 Å². The number of benzene rings is 1. The van der Waals surface area contributed by atoms with Crippen molar-refractivity contribution in [1.29, 1.82) is 0 Å². The van der Waals surface area contributed by atoms with Crippen LogP contribution in [0.25, 0.3) is 0 Å². The predicted octanol–water partition coefficient (Wildman–Crippen LogP) is 4.38. The molecule has 0 aliphatic carbocycles. The fraction of sp³-hybridized carbons (Fsp3) is 0.389. The molecule has 0 atom stereocenters. The van der Waals surface area contributed by atoms with Crippen molar-refractivity contribution in [2.45, 2.75) is 34.6 Å². The van der Waals surface area contributed by atoms with E-state index in [1.54, 1.807) is 6.07 Å². The van der Waals surface area contributed by atoms with E-state index in [0.29, 0.717) is 28.3 Å². The normalized spacial score (nSPS) is 10.8. The molecule has 6 heteroatoms. The van der Waals surface area contributed by atoms with Gasteiger partial charge in [-0.1, -0.05) is 31.5 Å². The van der Waals surface area contributed by atoms with Crippen LogP contribution < -0.4 is 10.6 Å². The van der Waals surface area contributed by atoms with Gasteiger partial charge in [0.05, 0.1) is 10.7 Å². The number of carbonyl (C=O) groups is 1. The number of halogens is 1. The van der Waals surface area contributed by atoms with Gasteiger partial charge in [0.15, 0.2) is 0 Å². The second-order valence-electron chi connectivity index (χ2n) is 6.39. The summed E-state index contributed by atoms with van der Waals surface area (Å²) in [6, 6.07) is 5.46. The fourth-order valence-corrected chi connectivity index (χ4v) is 2.68. The SMILES string of the molecule is Cc1cc(C)c(NC(=O)c2cc(C)nc(NCC(C)C)n2)c(Cl)c1. The number of nitrogens with one attached hydrogen (secondary N) is 2. The van der Waals surface area contributed by atoms with E-state index in [0.717, 1.165) is 23.4 Å². The van der Waals surface area contributed by atoms with Gasteiger partial charge in [0.1, 0.15) is 5.69 Å². The van der Waals surface area contributed by atoms with Crippen molar-refractivity contribution >= 4 is 29.1 Å². The summed E-state index contributed by atoms with van der Waals surface area (Å²) in [5.74, 6) is 0.614. The summed E-state index contributed by atoms with van der Waals surface area (Å²) >= 11 is 6.25. The lowest BCUT2D eigenvalue weighted by Gasteiger charge is -2.13. The third-order valence-electron chi connectivity index (χ3n) is 3.43. The Hall–Kier alpha value is -2.14. The van der Waals surface area contributed by atoms with E-state index in [1.165, 1.54) is 0 Å². The zero-order valence-corrected chi connectivity index (χ0v) is 15.5. The Morgan fingerprint density at radius 1 is 1.17 bits per heavy atom. The van der Waals surface area contributed by atoms with Crippen molar-refractivity contribution in [3.63, 3.8) is 0 Å². The van der Waals surface area contributed by atoms with Gasteiger partial charge in [-0.2, -0.15) is 0 Å². The van der Waals surface area contributed by atoms with E-state index >= 15 is 0 Å². The Balaban J connectivity index is 2.24. The molecule has 24 heavy (non-hydrogen) atoms. The molecule has 1 heterocycles. The van der Waals surface area contributed by atoms with Crippen LogP contribution in [0, 0.1) is 26.7 Å². The van der Waals surface area contributed by atoms with Crippen molar-refractivity contribution in [2.24, 2.45) is 5.92 Å². The minimum absolute atomic E-state index is 0.304. The van der Waals surface area contributed by atoms with Crippen molar-refractivity contribution in [2.75, 3.05) is 17.2 Å². The van der Waals surface area contributed by atoms with Gasteiger partial charge in [0.25, 0.3) is 5.91 Å². The Kier molecular flexibility index (Phi) is 5.78. The molecule has 1 aromatic carbocycles. The van der Waals surface area contributed by atoms with E-state index in [4.69, 9.17) is 11.6 Å². The van der Waals surface area contributed by atoms with Crippen molar-refractivity contribution in [3.05, 3.63) is 45.7 Å². The maximum absolute atomic E-state index is 12.6. The highest BCUT2D eigenvalue weighted by Gasteiger charge is 2.14. The number of rotatable bonds is 5. The minimum atomic E-state index is -0.304. The Labute approximate surface area is 147 Å². The van der Waals surface area contributed by atoms with Gasteiger partial charge in [0.2, 0.25) is 5.95 Å². The molecule has 0 aliphatic heterocycles. The van der Waals surface area contributed by atoms with Crippen LogP contribution in [0.3, 0.4) is 0 Å². The third-order valence-corrected chi connectivity index (χ3v) is 3.72. The molecule has 0 aliphatic rings. The Morgan fingerprint density at radius 2 is 1.88 bits per heavy atom. The summed E-state index contributed by atoms with van der Waals surface area (Å²) in [6.45, 7) is 10.6. The maximum Gasteiger partial charge on any atom is 0.274 e. The van der Waals surface area contributed by atoms with Crippen LogP contribution in [0.1, 0.15) is 41.2 Å². The topological polar surface area (TPSA) is 66.9 Å². The number of aryl methyl sites for hydroxylation is 3. The molecule has 0 spiro atoms. The first kappa shape index (κ1) is 18.2. The summed E-state index contributed by atoms with van der Waals surface area (Å²) in [5, 5.41) is 6.52. The molecule has 0 bridgehead atoms. The van der Waals surface area contributed by atoms with Crippen molar-refractivity contribution in [3.8, 4) is 0 Å². The molecule has 0 radical (unpaired) electrons. The second-order valence-corrected chi connectivity index (χ2v) is 6.79. The average Bonchev–Trinajstić information content (AvgIpc) is 2.48. The van der Waals surface area contributed by atoms with Crippen LogP contribution in [-0.2, 0) is 0 Å². The zero-order valence-electron chi connectivity index (χ0n) is 14.7. The predicted molar refractivity (Wildman–Crippen MR) is 99.0 cm³/mol. The Morgan fingerprint density at radius 3 is 2.50 bits per heavy atom. The maximum atomic E-state index is 12.6. The van der Waals surface area contributed by atoms with Crippen LogP contribution in [0.15, 0.2) is 18.2 Å². The minimum Gasteiger partial charge on any atom is -0.354 e. The monoisotopic (exact) mass is 346 g/mol. The number of amides is 1. The molecule has 0 unspecified atom stereocenters. The largest absolute Gasteiger partial charge is 0.354 e. The first-order valence-electron chi connectivity index (χ1n) is 7.94. The molecule has 128 valence electrons. The van der Waals surface area contributed by atoms with E-state index in [-0.39, 0.29) is 5.91 Å². The molecule has 5 nitrogen and oxygen atoms in total. The van der Waals surface area contributed by atoms with Gasteiger partial charge in [-0.15, -0.1) is 0 Å². The van der Waals surface area contributed by atoms with Crippen molar-refractivity contribution < 1.29 is 4.79 Å². The van der Waals surface area contributed by atoms with Crippen molar-refractivity contribution in [1.82, 2.24) is 9.97 Å². The van der Waals surface area contributed by atoms with Crippen LogP contribution in [0.2, 0.25) is 5.02 Å². The lowest BCUT2D eigenvalue weighted by atomic mass is 10.1. The molecular formula is C18H23ClN4O. The summed E-state index contributed by atoms with van der Waals surface area (Å²) in [6.07, 6.45) is 0. The molecule has 2 aromatic rings. The number of anilines is 2. The van der Waals surface area contributed by atoms with Crippen LogP contribution >= 0.6 is 11.6 Å².